The van der Waals surface area contributed by atoms with Gasteiger partial charge in [0, 0.05) is 6.92 Å². The number of hydrogen-bond acceptors (Lipinski definition) is 1. The van der Waals surface area contributed by atoms with Crippen molar-refractivity contribution in [3.8, 4) is 0 Å². The summed E-state index contributed by atoms with van der Waals surface area (Å²) in [4.78, 5) is 14.2. The van der Waals surface area contributed by atoms with Gasteiger partial charge in [-0.15, -0.1) is 0 Å². The number of aryl methyl sites for hydroxylation is 1. The van der Waals surface area contributed by atoms with Crippen LogP contribution < -0.4 is 0 Å². The first kappa shape index (κ1) is 15.3. The summed E-state index contributed by atoms with van der Waals surface area (Å²) in [6.45, 7) is 7.93. The van der Waals surface area contributed by atoms with Crippen LogP contribution in [-0.2, 0) is 4.79 Å². The van der Waals surface area contributed by atoms with Gasteiger partial charge < -0.3 is 4.90 Å². The summed E-state index contributed by atoms with van der Waals surface area (Å²) in [5.74, 6) is 0.0992. The maximum Gasteiger partial charge on any atom is 0.220 e. The fourth-order valence-corrected chi connectivity index (χ4v) is 2.98. The Hall–Kier alpha value is -2.09. The van der Waals surface area contributed by atoms with Gasteiger partial charge in [-0.1, -0.05) is 54.6 Å². The zero-order chi connectivity index (χ0) is 15.4. The van der Waals surface area contributed by atoms with Crippen LogP contribution in [0.3, 0.4) is 0 Å². The molecule has 0 aromatic heterocycles. The molecule has 2 aromatic carbocycles. The second-order valence-electron chi connectivity index (χ2n) is 5.55. The lowest BCUT2D eigenvalue weighted by atomic mass is 9.98. The summed E-state index contributed by atoms with van der Waals surface area (Å²) in [5.41, 5.74) is 3.58. The predicted octanol–water partition coefficient (Wildman–Crippen LogP) is 4.67. The van der Waals surface area contributed by atoms with Crippen molar-refractivity contribution >= 4 is 5.91 Å². The van der Waals surface area contributed by atoms with Crippen molar-refractivity contribution in [2.75, 3.05) is 0 Å². The zero-order valence-electron chi connectivity index (χ0n) is 13.2. The molecule has 0 saturated heterocycles. The van der Waals surface area contributed by atoms with Crippen LogP contribution >= 0.6 is 0 Å². The highest BCUT2D eigenvalue weighted by Gasteiger charge is 2.25. The van der Waals surface area contributed by atoms with Crippen molar-refractivity contribution in [1.29, 1.82) is 0 Å². The Morgan fingerprint density at radius 3 is 2.05 bits per heavy atom. The maximum atomic E-state index is 12.2. The summed E-state index contributed by atoms with van der Waals surface area (Å²) in [6, 6.07) is 18.6. The van der Waals surface area contributed by atoms with Crippen LogP contribution in [0.15, 0.2) is 54.6 Å². The Kier molecular flexibility index (Phi) is 4.79. The third-order valence-electron chi connectivity index (χ3n) is 4.12. The van der Waals surface area contributed by atoms with E-state index in [0.29, 0.717) is 0 Å². The molecule has 0 saturated carbocycles. The fourth-order valence-electron chi connectivity index (χ4n) is 2.98. The lowest BCUT2D eigenvalue weighted by molar-refractivity contribution is -0.133. The molecule has 2 unspecified atom stereocenters. The van der Waals surface area contributed by atoms with Gasteiger partial charge in [0.25, 0.3) is 0 Å². The summed E-state index contributed by atoms with van der Waals surface area (Å²) in [5, 5.41) is 0. The molecule has 0 N–H and O–H groups in total. The third kappa shape index (κ3) is 3.33. The van der Waals surface area contributed by atoms with Crippen LogP contribution in [0.5, 0.6) is 0 Å². The van der Waals surface area contributed by atoms with Gasteiger partial charge in [-0.05, 0) is 37.5 Å². The Morgan fingerprint density at radius 1 is 0.905 bits per heavy atom. The first-order valence-electron chi connectivity index (χ1n) is 7.41. The van der Waals surface area contributed by atoms with Crippen LogP contribution in [0, 0.1) is 6.92 Å². The van der Waals surface area contributed by atoms with Gasteiger partial charge in [-0.3, -0.25) is 4.79 Å². The quantitative estimate of drug-likeness (QED) is 0.797. The second-order valence-corrected chi connectivity index (χ2v) is 5.55. The minimum Gasteiger partial charge on any atom is -0.329 e. The van der Waals surface area contributed by atoms with Crippen molar-refractivity contribution in [2.24, 2.45) is 0 Å². The lowest BCUT2D eigenvalue weighted by Gasteiger charge is -2.35. The highest BCUT2D eigenvalue weighted by Crippen LogP contribution is 2.31. The van der Waals surface area contributed by atoms with E-state index < -0.39 is 0 Å². The van der Waals surface area contributed by atoms with E-state index >= 15 is 0 Å². The van der Waals surface area contributed by atoms with Crippen molar-refractivity contribution in [3.05, 3.63) is 71.3 Å². The molecular formula is C19H23NO. The minimum atomic E-state index is 0.0540. The number of carbonyl (C=O) groups is 1. The van der Waals surface area contributed by atoms with Crippen LogP contribution in [0.25, 0.3) is 0 Å². The normalized spacial score (nSPS) is 13.5. The van der Waals surface area contributed by atoms with Gasteiger partial charge in [-0.25, -0.2) is 0 Å². The van der Waals surface area contributed by atoms with Gasteiger partial charge in [0.05, 0.1) is 12.1 Å². The fraction of sp³-hybridized carbons (Fsp3) is 0.316. The van der Waals surface area contributed by atoms with Crippen LogP contribution in [0.2, 0.25) is 0 Å². The molecule has 0 spiro atoms. The van der Waals surface area contributed by atoms with E-state index in [1.807, 2.05) is 35.2 Å². The van der Waals surface area contributed by atoms with Gasteiger partial charge >= 0.3 is 0 Å². The second kappa shape index (κ2) is 6.57. The van der Waals surface area contributed by atoms with Crippen molar-refractivity contribution in [3.63, 3.8) is 0 Å². The number of nitrogens with zero attached hydrogens (tertiary/aromatic N) is 1. The van der Waals surface area contributed by atoms with E-state index in [2.05, 4.69) is 45.0 Å². The Bertz CT molecular complexity index is 606. The monoisotopic (exact) mass is 281 g/mol. The minimum absolute atomic E-state index is 0.0540. The Labute approximate surface area is 127 Å². The average molecular weight is 281 g/mol. The molecule has 2 heteroatoms. The van der Waals surface area contributed by atoms with Crippen molar-refractivity contribution in [1.82, 2.24) is 4.90 Å². The molecule has 0 bridgehead atoms. The first-order valence-corrected chi connectivity index (χ1v) is 7.41. The number of carbonyl (C=O) groups excluding carboxylic acids is 1. The highest BCUT2D eigenvalue weighted by atomic mass is 16.2. The SMILES string of the molecule is CC(=O)N(C(C)c1ccccc1)C(C)c1ccccc1C. The highest BCUT2D eigenvalue weighted by molar-refractivity contribution is 5.74. The van der Waals surface area contributed by atoms with Crippen molar-refractivity contribution in [2.45, 2.75) is 39.8 Å². The smallest absolute Gasteiger partial charge is 0.220 e. The Morgan fingerprint density at radius 2 is 1.48 bits per heavy atom. The molecular weight excluding hydrogens is 258 g/mol. The standard InChI is InChI=1S/C19H23NO/c1-14-10-8-9-13-19(14)16(3)20(17(4)21)15(2)18-11-6-5-7-12-18/h5-13,15-16H,1-4H3. The molecule has 21 heavy (non-hydrogen) atoms. The molecule has 2 rings (SSSR count). The van der Waals surface area contributed by atoms with Crippen LogP contribution in [0.4, 0.5) is 0 Å². The summed E-state index contributed by atoms with van der Waals surface area (Å²) in [7, 11) is 0. The van der Waals surface area contributed by atoms with Crippen LogP contribution in [0.1, 0.15) is 49.5 Å². The van der Waals surface area contributed by atoms with Crippen molar-refractivity contribution < 1.29 is 4.79 Å². The molecule has 2 aromatic rings. The molecule has 110 valence electrons. The number of benzene rings is 2. The first-order chi connectivity index (χ1) is 10.0. The molecule has 0 aliphatic carbocycles. The molecule has 0 aliphatic rings. The van der Waals surface area contributed by atoms with Gasteiger partial charge in [0.1, 0.15) is 0 Å². The average Bonchev–Trinajstić information content (AvgIpc) is 2.48. The Balaban J connectivity index is 2.36. The molecule has 2 nitrogen and oxygen atoms in total. The number of hydrogen-bond donors (Lipinski definition) is 0. The van der Waals surface area contributed by atoms with E-state index in [9.17, 15) is 4.79 Å². The maximum absolute atomic E-state index is 12.2. The molecule has 0 radical (unpaired) electrons. The predicted molar refractivity (Wildman–Crippen MR) is 87.0 cm³/mol. The summed E-state index contributed by atoms with van der Waals surface area (Å²) >= 11 is 0. The van der Waals surface area contributed by atoms with E-state index in [1.165, 1.54) is 11.1 Å². The number of amides is 1. The molecule has 0 heterocycles. The summed E-state index contributed by atoms with van der Waals surface area (Å²) in [6.07, 6.45) is 0. The molecule has 0 aliphatic heterocycles. The molecule has 0 fully saturated rings. The molecule has 2 atom stereocenters. The number of rotatable bonds is 4. The summed E-state index contributed by atoms with van der Waals surface area (Å²) < 4.78 is 0. The largest absolute Gasteiger partial charge is 0.329 e. The van der Waals surface area contributed by atoms with E-state index in [1.54, 1.807) is 6.92 Å². The van der Waals surface area contributed by atoms with E-state index in [4.69, 9.17) is 0 Å². The molecule has 1 amide bonds. The zero-order valence-corrected chi connectivity index (χ0v) is 13.2. The van der Waals surface area contributed by atoms with Crippen LogP contribution in [-0.4, -0.2) is 10.8 Å². The lowest BCUT2D eigenvalue weighted by Crippen LogP contribution is -2.34. The van der Waals surface area contributed by atoms with E-state index in [0.717, 1.165) is 5.56 Å². The topological polar surface area (TPSA) is 20.3 Å². The van der Waals surface area contributed by atoms with Gasteiger partial charge in [-0.2, -0.15) is 0 Å². The van der Waals surface area contributed by atoms with Gasteiger partial charge in [0.15, 0.2) is 0 Å². The van der Waals surface area contributed by atoms with Gasteiger partial charge in [0.2, 0.25) is 5.91 Å². The third-order valence-corrected chi connectivity index (χ3v) is 4.12. The van der Waals surface area contributed by atoms with E-state index in [-0.39, 0.29) is 18.0 Å².